The van der Waals surface area contributed by atoms with Crippen LogP contribution in [0.2, 0.25) is 0 Å². The van der Waals surface area contributed by atoms with Crippen LogP contribution in [0, 0.1) is 6.92 Å². The molecule has 0 bridgehead atoms. The van der Waals surface area contributed by atoms with Crippen LogP contribution in [0.3, 0.4) is 0 Å². The smallest absolute Gasteiger partial charge is 0.343 e. The minimum Gasteiger partial charge on any atom is -0.343 e. The molecule has 0 aliphatic rings. The molecule has 2 N–H and O–H groups in total. The predicted molar refractivity (Wildman–Crippen MR) is 107 cm³/mol. The largest absolute Gasteiger partial charge is 1.00 e. The number of unbranched alkanes of at least 4 members (excludes halogenated alkanes) is 9. The molecule has 0 aromatic heterocycles. The first-order chi connectivity index (χ1) is 12.2. The maximum atomic E-state index is 9.37. The predicted octanol–water partition coefficient (Wildman–Crippen LogP) is 2.11. The summed E-state index contributed by atoms with van der Waals surface area (Å²) in [5.74, 6) is 0. The van der Waals surface area contributed by atoms with Gasteiger partial charge in [-0.15, -0.1) is 0 Å². The molecule has 1 aromatic carbocycles. The van der Waals surface area contributed by atoms with Gasteiger partial charge in [0.2, 0.25) is 0 Å². The third-order valence-corrected chi connectivity index (χ3v) is 5.42. The first kappa shape index (κ1) is 31.7. The second-order valence-corrected chi connectivity index (χ2v) is 9.93. The molecule has 0 amide bonds. The maximum absolute atomic E-state index is 9.37. The summed E-state index contributed by atoms with van der Waals surface area (Å²) < 4.78 is 52.5. The van der Waals surface area contributed by atoms with Crippen molar-refractivity contribution in [1.29, 1.82) is 0 Å². The van der Waals surface area contributed by atoms with Crippen LogP contribution in [0.4, 0.5) is 0 Å². The van der Waals surface area contributed by atoms with Gasteiger partial charge < -0.3 is 6.92 Å². The summed E-state index contributed by atoms with van der Waals surface area (Å²) in [6, 6.07) is 12.0. The van der Waals surface area contributed by atoms with Crippen LogP contribution in [0.25, 0.3) is 0 Å². The number of hydrogen-bond acceptors (Lipinski definition) is 4. The van der Waals surface area contributed by atoms with Gasteiger partial charge in [-0.3, -0.25) is 9.11 Å². The van der Waals surface area contributed by atoms with Crippen molar-refractivity contribution in [3.05, 3.63) is 43.3 Å². The fourth-order valence-electron chi connectivity index (χ4n) is 1.87. The van der Waals surface area contributed by atoms with Crippen molar-refractivity contribution >= 4 is 18.3 Å². The molecule has 0 aliphatic heterocycles. The van der Waals surface area contributed by atoms with Crippen LogP contribution in [0.1, 0.15) is 71.1 Å². The first-order valence-electron chi connectivity index (χ1n) is 8.91. The molecule has 154 valence electrons. The molecule has 0 fully saturated rings. The van der Waals surface area contributed by atoms with Crippen LogP contribution < -0.4 is 29.6 Å². The van der Waals surface area contributed by atoms with Gasteiger partial charge >= 0.3 is 47.9 Å². The van der Waals surface area contributed by atoms with Crippen molar-refractivity contribution in [3.8, 4) is 0 Å². The average Bonchev–Trinajstić information content (AvgIpc) is 2.58. The van der Waals surface area contributed by atoms with Crippen molar-refractivity contribution in [2.24, 2.45) is 0 Å². The van der Waals surface area contributed by atoms with Crippen LogP contribution in [-0.4, -0.2) is 25.9 Å². The second-order valence-electron chi connectivity index (χ2n) is 5.69. The van der Waals surface area contributed by atoms with Gasteiger partial charge in [-0.25, -0.2) is 0 Å². The van der Waals surface area contributed by atoms with Crippen molar-refractivity contribution < 1.29 is 55.5 Å². The van der Waals surface area contributed by atoms with Gasteiger partial charge in [0.15, 0.2) is 0 Å². The molecule has 0 unspecified atom stereocenters. The Morgan fingerprint density at radius 3 is 1.11 bits per heavy atom. The standard InChI is InChI=1S/C12H25.C6H6.Na.H2O6S2/c1-3-5-7-9-11-12-10-8-6-4-2;1-2-4-6-5-3-1;;1-7(2,3)8(4,5)6/h1,3-12H2,2H3;1-6H;;(H,1,2,3)(H,4,5,6)/q-1;;+1;. The Kier molecular flexibility index (Phi) is 24.4. The van der Waals surface area contributed by atoms with E-state index in [-0.39, 0.29) is 29.6 Å². The van der Waals surface area contributed by atoms with Crippen LogP contribution in [0.5, 0.6) is 0 Å². The van der Waals surface area contributed by atoms with Crippen molar-refractivity contribution in [2.75, 3.05) is 0 Å². The molecule has 1 aromatic rings. The van der Waals surface area contributed by atoms with Gasteiger partial charge in [-0.1, -0.05) is 101 Å². The average molecular weight is 433 g/mol. The molecule has 0 saturated heterocycles. The van der Waals surface area contributed by atoms with E-state index in [1.807, 2.05) is 36.4 Å². The molecule has 27 heavy (non-hydrogen) atoms. The first-order valence-corrected chi connectivity index (χ1v) is 12.3. The molecule has 0 atom stereocenters. The minimum absolute atomic E-state index is 0. The van der Waals surface area contributed by atoms with Crippen LogP contribution in [0.15, 0.2) is 36.4 Å². The van der Waals surface area contributed by atoms with Crippen molar-refractivity contribution in [3.63, 3.8) is 0 Å². The molecule has 0 heterocycles. The molecular formula is C18H33NaO6S2. The van der Waals surface area contributed by atoms with Gasteiger partial charge in [0.25, 0.3) is 0 Å². The van der Waals surface area contributed by atoms with Crippen LogP contribution >= 0.6 is 0 Å². The molecule has 0 aliphatic carbocycles. The quantitative estimate of drug-likeness (QED) is 0.193. The minimum atomic E-state index is -5.31. The third-order valence-electron chi connectivity index (χ3n) is 3.29. The Labute approximate surface area is 187 Å². The van der Waals surface area contributed by atoms with E-state index in [2.05, 4.69) is 13.8 Å². The zero-order valence-electron chi connectivity index (χ0n) is 16.6. The molecule has 0 radical (unpaired) electrons. The summed E-state index contributed by atoms with van der Waals surface area (Å²) >= 11 is 0. The third kappa shape index (κ3) is 26.0. The summed E-state index contributed by atoms with van der Waals surface area (Å²) in [7, 11) is -10.6. The topological polar surface area (TPSA) is 109 Å². The maximum Gasteiger partial charge on any atom is 1.00 e. The zero-order chi connectivity index (χ0) is 20.3. The molecule has 9 heteroatoms. The Morgan fingerprint density at radius 2 is 0.889 bits per heavy atom. The van der Waals surface area contributed by atoms with E-state index in [0.29, 0.717) is 0 Å². The van der Waals surface area contributed by atoms with Gasteiger partial charge in [0, 0.05) is 0 Å². The number of rotatable bonds is 10. The van der Waals surface area contributed by atoms with E-state index in [9.17, 15) is 16.8 Å². The molecular weight excluding hydrogens is 399 g/mol. The SMILES string of the molecule is O=S(=O)(O)S(=O)(=O)O.[CH2-]CCCCCCCCCCC.[Na+].c1ccccc1. The van der Waals surface area contributed by atoms with Gasteiger partial charge in [0.1, 0.15) is 0 Å². The number of benzene rings is 1. The van der Waals surface area contributed by atoms with Crippen LogP contribution in [-0.2, 0) is 18.3 Å². The Bertz CT molecular complexity index is 537. The van der Waals surface area contributed by atoms with Gasteiger partial charge in [-0.05, 0) is 0 Å². The van der Waals surface area contributed by atoms with E-state index in [1.54, 1.807) is 0 Å². The van der Waals surface area contributed by atoms with E-state index < -0.39 is 18.3 Å². The normalized spacial score (nSPS) is 10.5. The summed E-state index contributed by atoms with van der Waals surface area (Å²) in [6.07, 6.45) is 13.9. The van der Waals surface area contributed by atoms with Crippen molar-refractivity contribution in [2.45, 2.75) is 71.1 Å². The molecule has 6 nitrogen and oxygen atoms in total. The van der Waals surface area contributed by atoms with E-state index in [4.69, 9.17) is 9.11 Å². The molecule has 1 rings (SSSR count). The molecule has 0 spiro atoms. The summed E-state index contributed by atoms with van der Waals surface area (Å²) in [5, 5.41) is 0. The fraction of sp³-hybridized carbons (Fsp3) is 0.611. The monoisotopic (exact) mass is 432 g/mol. The van der Waals surface area contributed by atoms with E-state index in [0.717, 1.165) is 6.42 Å². The van der Waals surface area contributed by atoms with E-state index in [1.165, 1.54) is 57.8 Å². The Balaban J connectivity index is -0.000000333. The van der Waals surface area contributed by atoms with E-state index >= 15 is 0 Å². The summed E-state index contributed by atoms with van der Waals surface area (Å²) in [5.41, 5.74) is 0. The van der Waals surface area contributed by atoms with Crippen molar-refractivity contribution in [1.82, 2.24) is 0 Å². The van der Waals surface area contributed by atoms with Gasteiger partial charge in [0.05, 0.1) is 0 Å². The summed E-state index contributed by atoms with van der Waals surface area (Å²) in [6.45, 7) is 6.12. The Hall–Kier alpha value is 0.0400. The zero-order valence-corrected chi connectivity index (χ0v) is 20.2. The summed E-state index contributed by atoms with van der Waals surface area (Å²) in [4.78, 5) is 0. The fourth-order valence-corrected chi connectivity index (χ4v) is 1.87. The second kappa shape index (κ2) is 20.8. The Morgan fingerprint density at radius 1 is 0.630 bits per heavy atom. The van der Waals surface area contributed by atoms with Gasteiger partial charge in [-0.2, -0.15) is 23.3 Å². The molecule has 0 saturated carbocycles. The number of hydrogen-bond donors (Lipinski definition) is 2.